The number of rotatable bonds is 5. The largest absolute Gasteiger partial charge is 0.508 e. The number of phenolic OH excluding ortho intramolecular Hbond substituents is 1. The monoisotopic (exact) mass is 362 g/mol. The van der Waals surface area contributed by atoms with Crippen molar-refractivity contribution in [2.75, 3.05) is 0 Å². The summed E-state index contributed by atoms with van der Waals surface area (Å²) in [7, 11) is 0. The van der Waals surface area contributed by atoms with Crippen LogP contribution in [0.2, 0.25) is 0 Å². The Kier molecular flexibility index (Phi) is 4.53. The Morgan fingerprint density at radius 3 is 2.33 bits per heavy atom. The standard InChI is InChI=1S/C21H15FN2O3/c22-18-13-15(25)11-12-17(18)20-23-21(27-24-20)19(14-7-3-1-4-8-14)26-16-9-5-2-6-10-16/h1-13,19,25H. The number of aromatic hydroxyl groups is 1. The van der Waals surface area contributed by atoms with E-state index in [4.69, 9.17) is 9.26 Å². The minimum absolute atomic E-state index is 0.0834. The van der Waals surface area contributed by atoms with Crippen molar-refractivity contribution in [3.8, 4) is 22.9 Å². The average molecular weight is 362 g/mol. The van der Waals surface area contributed by atoms with E-state index in [9.17, 15) is 9.50 Å². The highest BCUT2D eigenvalue weighted by Gasteiger charge is 2.24. The average Bonchev–Trinajstić information content (AvgIpc) is 3.17. The molecule has 1 aromatic heterocycles. The van der Waals surface area contributed by atoms with Crippen LogP contribution in [0.25, 0.3) is 11.4 Å². The Morgan fingerprint density at radius 2 is 1.63 bits per heavy atom. The summed E-state index contributed by atoms with van der Waals surface area (Å²) < 4.78 is 25.5. The summed E-state index contributed by atoms with van der Waals surface area (Å²) in [6.45, 7) is 0. The molecule has 1 N–H and O–H groups in total. The third-order valence-corrected chi connectivity index (χ3v) is 3.96. The lowest BCUT2D eigenvalue weighted by atomic mass is 10.1. The first-order chi connectivity index (χ1) is 13.2. The van der Waals surface area contributed by atoms with E-state index in [1.807, 2.05) is 60.7 Å². The van der Waals surface area contributed by atoms with Crippen molar-refractivity contribution in [3.05, 3.63) is 96.1 Å². The van der Waals surface area contributed by atoms with Crippen LogP contribution in [0.4, 0.5) is 4.39 Å². The molecule has 0 aliphatic heterocycles. The molecule has 0 saturated carbocycles. The maximum absolute atomic E-state index is 14.1. The van der Waals surface area contributed by atoms with Gasteiger partial charge in [-0.2, -0.15) is 4.98 Å². The van der Waals surface area contributed by atoms with Gasteiger partial charge in [-0.1, -0.05) is 53.7 Å². The third-order valence-electron chi connectivity index (χ3n) is 3.96. The summed E-state index contributed by atoms with van der Waals surface area (Å²) in [5.41, 5.74) is 0.956. The first-order valence-corrected chi connectivity index (χ1v) is 8.30. The predicted molar refractivity (Wildman–Crippen MR) is 96.7 cm³/mol. The molecule has 0 radical (unpaired) electrons. The highest BCUT2D eigenvalue weighted by Crippen LogP contribution is 2.30. The summed E-state index contributed by atoms with van der Waals surface area (Å²) in [6, 6.07) is 22.5. The molecule has 3 aromatic carbocycles. The van der Waals surface area contributed by atoms with Gasteiger partial charge in [-0.25, -0.2) is 4.39 Å². The molecule has 0 spiro atoms. The van der Waals surface area contributed by atoms with Crippen LogP contribution >= 0.6 is 0 Å². The van der Waals surface area contributed by atoms with Gasteiger partial charge >= 0.3 is 0 Å². The van der Waals surface area contributed by atoms with Gasteiger partial charge in [0.05, 0.1) is 5.56 Å². The lowest BCUT2D eigenvalue weighted by molar-refractivity contribution is 0.193. The van der Waals surface area contributed by atoms with Gasteiger partial charge in [-0.3, -0.25) is 0 Å². The van der Waals surface area contributed by atoms with Crippen LogP contribution in [0.1, 0.15) is 17.6 Å². The van der Waals surface area contributed by atoms with Gasteiger partial charge < -0.3 is 14.4 Å². The molecule has 0 aliphatic rings. The molecule has 1 heterocycles. The summed E-state index contributed by atoms with van der Waals surface area (Å²) in [6.07, 6.45) is -0.643. The Balaban J connectivity index is 1.71. The molecular formula is C21H15FN2O3. The topological polar surface area (TPSA) is 68.4 Å². The molecule has 1 unspecified atom stereocenters. The van der Waals surface area contributed by atoms with Gasteiger partial charge in [0.15, 0.2) is 0 Å². The van der Waals surface area contributed by atoms with Crippen LogP contribution in [-0.4, -0.2) is 15.2 Å². The van der Waals surface area contributed by atoms with Crippen LogP contribution in [0.3, 0.4) is 0 Å². The quantitative estimate of drug-likeness (QED) is 0.555. The van der Waals surface area contributed by atoms with Gasteiger partial charge in [-0.15, -0.1) is 0 Å². The predicted octanol–water partition coefficient (Wildman–Crippen LogP) is 4.75. The molecule has 0 amide bonds. The first kappa shape index (κ1) is 16.8. The summed E-state index contributed by atoms with van der Waals surface area (Å²) in [5.74, 6) is 0.117. The van der Waals surface area contributed by atoms with Gasteiger partial charge in [-0.05, 0) is 24.3 Å². The smallest absolute Gasteiger partial charge is 0.272 e. The maximum Gasteiger partial charge on any atom is 0.272 e. The fourth-order valence-electron chi connectivity index (χ4n) is 2.66. The second-order valence-electron chi connectivity index (χ2n) is 5.84. The normalized spacial score (nSPS) is 11.9. The minimum atomic E-state index is -0.643. The van der Waals surface area contributed by atoms with Crippen LogP contribution in [0, 0.1) is 5.82 Å². The molecule has 27 heavy (non-hydrogen) atoms. The van der Waals surface area contributed by atoms with E-state index in [1.165, 1.54) is 12.1 Å². The summed E-state index contributed by atoms with van der Waals surface area (Å²) in [5, 5.41) is 13.2. The zero-order chi connectivity index (χ0) is 18.6. The van der Waals surface area contributed by atoms with E-state index in [0.29, 0.717) is 5.75 Å². The number of halogens is 1. The number of aromatic nitrogens is 2. The van der Waals surface area contributed by atoms with E-state index in [2.05, 4.69) is 10.1 Å². The third kappa shape index (κ3) is 3.64. The molecule has 1 atom stereocenters. The van der Waals surface area contributed by atoms with Crippen LogP contribution in [0.15, 0.2) is 83.4 Å². The summed E-state index contributed by atoms with van der Waals surface area (Å²) in [4.78, 5) is 4.32. The van der Waals surface area contributed by atoms with Crippen molar-refractivity contribution in [3.63, 3.8) is 0 Å². The first-order valence-electron chi connectivity index (χ1n) is 8.30. The van der Waals surface area contributed by atoms with Gasteiger partial charge in [0, 0.05) is 11.6 Å². The zero-order valence-corrected chi connectivity index (χ0v) is 14.1. The van der Waals surface area contributed by atoms with Gasteiger partial charge in [0.25, 0.3) is 5.89 Å². The number of ether oxygens (including phenoxy) is 1. The van der Waals surface area contributed by atoms with Crippen molar-refractivity contribution in [2.24, 2.45) is 0 Å². The number of benzene rings is 3. The van der Waals surface area contributed by atoms with Crippen LogP contribution < -0.4 is 4.74 Å². The van der Waals surface area contributed by atoms with E-state index in [0.717, 1.165) is 11.6 Å². The van der Waals surface area contributed by atoms with Crippen molar-refractivity contribution in [1.82, 2.24) is 10.1 Å². The SMILES string of the molecule is Oc1ccc(-c2noc(C(Oc3ccccc3)c3ccccc3)n2)c(F)c1. The molecule has 0 fully saturated rings. The van der Waals surface area contributed by atoms with Gasteiger partial charge in [0.2, 0.25) is 11.9 Å². The molecular weight excluding hydrogens is 347 g/mol. The van der Waals surface area contributed by atoms with Crippen molar-refractivity contribution in [2.45, 2.75) is 6.10 Å². The van der Waals surface area contributed by atoms with E-state index >= 15 is 0 Å². The Morgan fingerprint density at radius 1 is 0.926 bits per heavy atom. The zero-order valence-electron chi connectivity index (χ0n) is 14.1. The molecule has 134 valence electrons. The Hall–Kier alpha value is -3.67. The van der Waals surface area contributed by atoms with Crippen LogP contribution in [-0.2, 0) is 0 Å². The Labute approximate surface area is 154 Å². The number of phenols is 1. The number of para-hydroxylation sites is 1. The highest BCUT2D eigenvalue weighted by atomic mass is 19.1. The fourth-order valence-corrected chi connectivity index (χ4v) is 2.66. The van der Waals surface area contributed by atoms with E-state index in [-0.39, 0.29) is 23.0 Å². The van der Waals surface area contributed by atoms with E-state index < -0.39 is 11.9 Å². The lowest BCUT2D eigenvalue weighted by Crippen LogP contribution is -2.10. The van der Waals surface area contributed by atoms with Crippen LogP contribution in [0.5, 0.6) is 11.5 Å². The fraction of sp³-hybridized carbons (Fsp3) is 0.0476. The van der Waals surface area contributed by atoms with Crippen molar-refractivity contribution < 1.29 is 18.8 Å². The second-order valence-corrected chi connectivity index (χ2v) is 5.84. The van der Waals surface area contributed by atoms with E-state index in [1.54, 1.807) is 0 Å². The molecule has 6 heteroatoms. The summed E-state index contributed by atoms with van der Waals surface area (Å²) >= 11 is 0. The van der Waals surface area contributed by atoms with Gasteiger partial charge in [0.1, 0.15) is 17.3 Å². The highest BCUT2D eigenvalue weighted by molar-refractivity contribution is 5.56. The lowest BCUT2D eigenvalue weighted by Gasteiger charge is -2.15. The molecule has 4 aromatic rings. The minimum Gasteiger partial charge on any atom is -0.508 e. The second kappa shape index (κ2) is 7.29. The maximum atomic E-state index is 14.1. The molecule has 0 aliphatic carbocycles. The van der Waals surface area contributed by atoms with Crippen molar-refractivity contribution in [1.29, 1.82) is 0 Å². The molecule has 4 rings (SSSR count). The number of hydrogen-bond donors (Lipinski definition) is 1. The molecule has 0 bridgehead atoms. The number of nitrogens with zero attached hydrogens (tertiary/aromatic N) is 2. The Bertz CT molecular complexity index is 1040. The molecule has 5 nitrogen and oxygen atoms in total. The number of hydrogen-bond acceptors (Lipinski definition) is 5. The molecule has 0 saturated heterocycles. The van der Waals surface area contributed by atoms with Crippen molar-refractivity contribution >= 4 is 0 Å².